The van der Waals surface area contributed by atoms with Crippen LogP contribution in [0.15, 0.2) is 59.6 Å². The minimum absolute atomic E-state index is 0. The van der Waals surface area contributed by atoms with Gasteiger partial charge in [-0.25, -0.2) is 4.99 Å². The zero-order valence-corrected chi connectivity index (χ0v) is 21.0. The Labute approximate surface area is 205 Å². The van der Waals surface area contributed by atoms with Crippen molar-refractivity contribution in [2.24, 2.45) is 12.0 Å². The van der Waals surface area contributed by atoms with Gasteiger partial charge < -0.3 is 19.5 Å². The Morgan fingerprint density at radius 2 is 1.84 bits per heavy atom. The van der Waals surface area contributed by atoms with Gasteiger partial charge in [0, 0.05) is 19.1 Å². The maximum Gasteiger partial charge on any atom is 0.194 e. The first kappa shape index (κ1) is 24.9. The lowest BCUT2D eigenvalue weighted by atomic mass is 10.2. The number of aromatic nitrogens is 3. The number of ether oxygens (including phenoxy) is 1. The highest BCUT2D eigenvalue weighted by Gasteiger charge is 2.10. The molecule has 0 unspecified atom stereocenters. The lowest BCUT2D eigenvalue weighted by Crippen LogP contribution is -2.41. The van der Waals surface area contributed by atoms with E-state index in [-0.39, 0.29) is 24.0 Å². The van der Waals surface area contributed by atoms with Crippen molar-refractivity contribution in [2.75, 3.05) is 20.2 Å². The average molecular weight is 555 g/mol. The number of hydrogen-bond donors (Lipinski definition) is 1. The Hall–Kier alpha value is -2.33. The van der Waals surface area contributed by atoms with Crippen LogP contribution < -0.4 is 10.1 Å². The smallest absolute Gasteiger partial charge is 0.194 e. The number of aliphatic imine (C=N–C) groups is 1. The third-order valence-corrected chi connectivity index (χ3v) is 4.96. The normalized spacial score (nSPS) is 11.0. The summed E-state index contributed by atoms with van der Waals surface area (Å²) in [7, 11) is 3.95. The SMILES string of the molecule is Cc1nnc(CNC(=NCc2ccccc2)N(C)CCOc2ccc(Cl)cc2)n1C.I. The average Bonchev–Trinajstić information content (AvgIpc) is 3.08. The molecule has 0 spiro atoms. The fraction of sp³-hybridized carbons (Fsp3) is 0.318. The number of halogens is 2. The highest BCUT2D eigenvalue weighted by atomic mass is 127. The first-order valence-electron chi connectivity index (χ1n) is 9.79. The summed E-state index contributed by atoms with van der Waals surface area (Å²) in [5, 5.41) is 12.4. The first-order chi connectivity index (χ1) is 14.5. The molecule has 0 atom stereocenters. The summed E-state index contributed by atoms with van der Waals surface area (Å²) in [5.74, 6) is 3.29. The van der Waals surface area contributed by atoms with Gasteiger partial charge in [-0.2, -0.15) is 0 Å². The van der Waals surface area contributed by atoms with E-state index in [1.807, 2.05) is 73.0 Å². The highest BCUT2D eigenvalue weighted by molar-refractivity contribution is 14.0. The predicted octanol–water partition coefficient (Wildman–Crippen LogP) is 4.05. The monoisotopic (exact) mass is 554 g/mol. The van der Waals surface area contributed by atoms with E-state index in [1.54, 1.807) is 0 Å². The Kier molecular flexibility index (Phi) is 10.1. The molecular formula is C22H28ClIN6O. The number of benzene rings is 2. The van der Waals surface area contributed by atoms with Gasteiger partial charge in [0.05, 0.1) is 19.6 Å². The topological polar surface area (TPSA) is 67.6 Å². The van der Waals surface area contributed by atoms with Crippen molar-refractivity contribution in [3.05, 3.63) is 76.8 Å². The second-order valence-corrected chi connectivity index (χ2v) is 7.36. The van der Waals surface area contributed by atoms with Crippen LogP contribution in [0.3, 0.4) is 0 Å². The van der Waals surface area contributed by atoms with Crippen LogP contribution in [0.4, 0.5) is 0 Å². The Morgan fingerprint density at radius 3 is 2.48 bits per heavy atom. The van der Waals surface area contributed by atoms with Gasteiger partial charge in [-0.1, -0.05) is 41.9 Å². The molecule has 3 rings (SSSR count). The van der Waals surface area contributed by atoms with Gasteiger partial charge in [0.15, 0.2) is 11.8 Å². The van der Waals surface area contributed by atoms with E-state index < -0.39 is 0 Å². The Morgan fingerprint density at radius 1 is 1.13 bits per heavy atom. The molecule has 2 aromatic carbocycles. The summed E-state index contributed by atoms with van der Waals surface area (Å²) in [6.45, 7) is 4.24. The maximum absolute atomic E-state index is 5.92. The third-order valence-electron chi connectivity index (χ3n) is 4.71. The van der Waals surface area contributed by atoms with Gasteiger partial charge in [-0.05, 0) is 36.8 Å². The highest BCUT2D eigenvalue weighted by Crippen LogP contribution is 2.15. The second-order valence-electron chi connectivity index (χ2n) is 6.93. The standard InChI is InChI=1S/C22H27ClN6O.HI/c1-17-26-27-21(29(17)3)16-25-22(24-15-18-7-5-4-6-8-18)28(2)13-14-30-20-11-9-19(23)10-12-20;/h4-12H,13-16H2,1-3H3,(H,24,25);1H. The van der Waals surface area contributed by atoms with Crippen molar-refractivity contribution in [1.82, 2.24) is 25.0 Å². The van der Waals surface area contributed by atoms with E-state index in [1.165, 1.54) is 0 Å². The van der Waals surface area contributed by atoms with Crippen LogP contribution in [0.2, 0.25) is 5.02 Å². The van der Waals surface area contributed by atoms with Crippen LogP contribution >= 0.6 is 35.6 Å². The molecule has 0 fully saturated rings. The molecule has 0 saturated carbocycles. The molecule has 0 aliphatic carbocycles. The largest absolute Gasteiger partial charge is 0.492 e. The minimum Gasteiger partial charge on any atom is -0.492 e. The van der Waals surface area contributed by atoms with Crippen LogP contribution in [-0.2, 0) is 20.1 Å². The fourth-order valence-corrected chi connectivity index (χ4v) is 2.89. The number of nitrogens with one attached hydrogen (secondary N) is 1. The molecule has 0 radical (unpaired) electrons. The summed E-state index contributed by atoms with van der Waals surface area (Å²) in [5.41, 5.74) is 1.15. The van der Waals surface area contributed by atoms with Crippen LogP contribution in [0, 0.1) is 6.92 Å². The molecule has 0 bridgehead atoms. The molecule has 0 aliphatic heterocycles. The lowest BCUT2D eigenvalue weighted by molar-refractivity contribution is 0.281. The molecule has 31 heavy (non-hydrogen) atoms. The summed E-state index contributed by atoms with van der Waals surface area (Å²) >= 11 is 5.92. The quantitative estimate of drug-likeness (QED) is 0.259. The summed E-state index contributed by atoms with van der Waals surface area (Å²) in [4.78, 5) is 6.83. The number of rotatable bonds is 8. The molecule has 1 N–H and O–H groups in total. The lowest BCUT2D eigenvalue weighted by Gasteiger charge is -2.22. The Bertz CT molecular complexity index is 962. The molecule has 3 aromatic rings. The van der Waals surface area contributed by atoms with Gasteiger partial charge >= 0.3 is 0 Å². The van der Waals surface area contributed by atoms with Gasteiger partial charge in [-0.15, -0.1) is 34.2 Å². The van der Waals surface area contributed by atoms with Crippen LogP contribution in [0.25, 0.3) is 0 Å². The van der Waals surface area contributed by atoms with E-state index in [9.17, 15) is 0 Å². The number of guanidine groups is 1. The first-order valence-corrected chi connectivity index (χ1v) is 10.2. The molecule has 9 heteroatoms. The van der Waals surface area contributed by atoms with E-state index in [0.29, 0.717) is 31.3 Å². The van der Waals surface area contributed by atoms with Crippen molar-refractivity contribution >= 4 is 41.5 Å². The van der Waals surface area contributed by atoms with Crippen molar-refractivity contribution in [3.8, 4) is 5.75 Å². The molecule has 0 aliphatic rings. The molecule has 1 heterocycles. The van der Waals surface area contributed by atoms with E-state index in [0.717, 1.165) is 28.9 Å². The molecule has 166 valence electrons. The summed E-state index contributed by atoms with van der Waals surface area (Å²) in [6.07, 6.45) is 0. The maximum atomic E-state index is 5.92. The van der Waals surface area contributed by atoms with Crippen LogP contribution in [0.5, 0.6) is 5.75 Å². The van der Waals surface area contributed by atoms with Crippen molar-refractivity contribution in [1.29, 1.82) is 0 Å². The van der Waals surface area contributed by atoms with Gasteiger partial charge in [0.1, 0.15) is 18.2 Å². The van der Waals surface area contributed by atoms with Crippen LogP contribution in [-0.4, -0.2) is 45.8 Å². The number of aryl methyl sites for hydroxylation is 1. The molecule has 1 aromatic heterocycles. The van der Waals surface area contributed by atoms with Gasteiger partial charge in [0.2, 0.25) is 0 Å². The second kappa shape index (κ2) is 12.5. The number of hydrogen-bond acceptors (Lipinski definition) is 4. The fourth-order valence-electron chi connectivity index (χ4n) is 2.76. The predicted molar refractivity (Wildman–Crippen MR) is 135 cm³/mol. The number of nitrogens with zero attached hydrogens (tertiary/aromatic N) is 5. The van der Waals surface area contributed by atoms with E-state index >= 15 is 0 Å². The molecule has 0 saturated heterocycles. The van der Waals surface area contributed by atoms with Gasteiger partial charge in [-0.3, -0.25) is 0 Å². The van der Waals surface area contributed by atoms with E-state index in [4.69, 9.17) is 21.3 Å². The minimum atomic E-state index is 0. The summed E-state index contributed by atoms with van der Waals surface area (Å²) in [6, 6.07) is 17.5. The van der Waals surface area contributed by atoms with Crippen molar-refractivity contribution in [2.45, 2.75) is 20.0 Å². The van der Waals surface area contributed by atoms with Gasteiger partial charge in [0.25, 0.3) is 0 Å². The zero-order chi connectivity index (χ0) is 21.3. The summed E-state index contributed by atoms with van der Waals surface area (Å²) < 4.78 is 7.78. The molecular weight excluding hydrogens is 527 g/mol. The van der Waals surface area contributed by atoms with Crippen molar-refractivity contribution in [3.63, 3.8) is 0 Å². The molecule has 7 nitrogen and oxygen atoms in total. The van der Waals surface area contributed by atoms with Crippen molar-refractivity contribution < 1.29 is 4.74 Å². The Balaban J connectivity index is 0.00000341. The third kappa shape index (κ3) is 7.70. The van der Waals surface area contributed by atoms with Crippen LogP contribution in [0.1, 0.15) is 17.2 Å². The molecule has 0 amide bonds. The van der Waals surface area contributed by atoms with E-state index in [2.05, 4.69) is 27.6 Å². The number of likely N-dealkylation sites (N-methyl/N-ethyl adjacent to an activating group) is 1. The zero-order valence-electron chi connectivity index (χ0n) is 18.0.